The van der Waals surface area contributed by atoms with Crippen molar-refractivity contribution in [1.82, 2.24) is 24.6 Å². The van der Waals surface area contributed by atoms with E-state index >= 15 is 0 Å². The molecule has 5 heterocycles. The number of hydrogen-bond donors (Lipinski definition) is 1. The minimum atomic E-state index is 0.468. The maximum absolute atomic E-state index is 9.11. The number of fused-ring (bicyclic) bond motifs is 5. The van der Waals surface area contributed by atoms with Crippen LogP contribution >= 0.6 is 0 Å². The van der Waals surface area contributed by atoms with Crippen LogP contribution in [0, 0.1) is 16.7 Å². The Balaban J connectivity index is 1.29. The van der Waals surface area contributed by atoms with Gasteiger partial charge in [0.05, 0.1) is 23.0 Å². The van der Waals surface area contributed by atoms with E-state index in [0.29, 0.717) is 11.0 Å². The van der Waals surface area contributed by atoms with Gasteiger partial charge in [0.1, 0.15) is 6.33 Å². The first kappa shape index (κ1) is 18.7. The number of aromatic nitrogens is 4. The molecule has 33 heavy (non-hydrogen) atoms. The summed E-state index contributed by atoms with van der Waals surface area (Å²) in [5, 5.41) is 17.1. The topological polar surface area (TPSA) is 74.7 Å². The summed E-state index contributed by atoms with van der Waals surface area (Å²) in [6.07, 6.45) is 5.08. The van der Waals surface area contributed by atoms with Crippen LogP contribution in [0.25, 0.3) is 28.3 Å². The van der Waals surface area contributed by atoms with Gasteiger partial charge >= 0.3 is 0 Å². The Bertz CT molecular complexity index is 1420. The Hall–Kier alpha value is -3.89. The van der Waals surface area contributed by atoms with E-state index in [1.807, 2.05) is 28.9 Å². The second-order valence-electron chi connectivity index (χ2n) is 9.51. The van der Waals surface area contributed by atoms with Crippen molar-refractivity contribution < 1.29 is 0 Å². The van der Waals surface area contributed by atoms with Gasteiger partial charge in [0, 0.05) is 55.6 Å². The highest BCUT2D eigenvalue weighted by Gasteiger charge is 2.43. The number of hydrogen-bond acceptors (Lipinski definition) is 5. The van der Waals surface area contributed by atoms with E-state index in [9.17, 15) is 0 Å². The van der Waals surface area contributed by atoms with Gasteiger partial charge in [-0.3, -0.25) is 0 Å². The van der Waals surface area contributed by atoms with Gasteiger partial charge in [-0.2, -0.15) is 10.4 Å². The van der Waals surface area contributed by atoms with Gasteiger partial charge in [0.15, 0.2) is 5.82 Å². The van der Waals surface area contributed by atoms with Crippen molar-refractivity contribution in [3.8, 4) is 34.4 Å². The number of nitrogens with one attached hydrogen (secondary N) is 1. The monoisotopic (exact) mass is 433 g/mol. The van der Waals surface area contributed by atoms with Crippen molar-refractivity contribution >= 4 is 5.69 Å². The highest BCUT2D eigenvalue weighted by atomic mass is 15.4. The van der Waals surface area contributed by atoms with Crippen molar-refractivity contribution in [3.05, 3.63) is 72.2 Å². The van der Waals surface area contributed by atoms with Crippen molar-refractivity contribution in [1.29, 1.82) is 5.26 Å². The van der Waals surface area contributed by atoms with E-state index in [-0.39, 0.29) is 0 Å². The molecule has 1 N–H and O–H groups in total. The quantitative estimate of drug-likeness (QED) is 0.462. The minimum Gasteiger partial charge on any atom is -0.371 e. The molecule has 2 fully saturated rings. The summed E-state index contributed by atoms with van der Waals surface area (Å²) in [6.45, 7) is 5.29. The van der Waals surface area contributed by atoms with E-state index in [1.54, 1.807) is 6.33 Å². The third-order valence-corrected chi connectivity index (χ3v) is 7.46. The van der Waals surface area contributed by atoms with Crippen LogP contribution in [-0.2, 0) is 6.54 Å². The van der Waals surface area contributed by atoms with Crippen molar-refractivity contribution in [2.75, 3.05) is 31.1 Å². The molecule has 2 aromatic carbocycles. The van der Waals surface area contributed by atoms with E-state index in [2.05, 4.69) is 61.4 Å². The normalized spacial score (nSPS) is 17.6. The van der Waals surface area contributed by atoms with Crippen LogP contribution < -0.4 is 10.2 Å². The fraction of sp³-hybridized carbons (Fsp3) is 0.269. The lowest BCUT2D eigenvalue weighted by molar-refractivity contribution is 0.200. The second-order valence-corrected chi connectivity index (χ2v) is 9.51. The molecule has 2 saturated heterocycles. The molecule has 0 saturated carbocycles. The molecule has 0 atom stereocenters. The lowest BCUT2D eigenvalue weighted by Gasteiger charge is -2.39. The molecule has 0 aliphatic carbocycles. The van der Waals surface area contributed by atoms with Gasteiger partial charge < -0.3 is 14.8 Å². The molecule has 162 valence electrons. The fourth-order valence-electron chi connectivity index (χ4n) is 5.52. The van der Waals surface area contributed by atoms with Gasteiger partial charge in [-0.15, -0.1) is 0 Å². The summed E-state index contributed by atoms with van der Waals surface area (Å²) in [5.41, 5.74) is 8.01. The standard InChI is InChI=1S/C26H23N7/c27-11-18-1-3-19(4-2-18)20-10-24-25-29-17-30-33(25)23-6-5-22(9-21(23)13-32(24)12-20)31-8-7-26(16-31)14-28-15-26/h1-6,9-10,12,17,28H,7-8,13-16H2. The first-order valence-corrected chi connectivity index (χ1v) is 11.4. The number of rotatable bonds is 2. The molecule has 0 amide bonds. The summed E-state index contributed by atoms with van der Waals surface area (Å²) in [6, 6.07) is 18.9. The van der Waals surface area contributed by atoms with E-state index in [0.717, 1.165) is 61.1 Å². The smallest absolute Gasteiger partial charge is 0.179 e. The molecule has 1 spiro atoms. The molecular formula is C26H23N7. The van der Waals surface area contributed by atoms with Gasteiger partial charge in [-0.05, 0) is 53.9 Å². The van der Waals surface area contributed by atoms with Crippen molar-refractivity contribution in [3.63, 3.8) is 0 Å². The number of benzene rings is 2. The first-order chi connectivity index (χ1) is 16.2. The van der Waals surface area contributed by atoms with Crippen LogP contribution in [-0.4, -0.2) is 45.5 Å². The first-order valence-electron chi connectivity index (χ1n) is 11.4. The average molecular weight is 434 g/mol. The SMILES string of the molecule is N#Cc1ccc(-c2cc3n(c2)Cc2cc(N4CCC5(CNC5)C4)ccc2-n2ncnc2-3)cc1. The van der Waals surface area contributed by atoms with Crippen molar-refractivity contribution in [2.24, 2.45) is 5.41 Å². The Morgan fingerprint density at radius 3 is 2.67 bits per heavy atom. The Labute approximate surface area is 191 Å². The Morgan fingerprint density at radius 2 is 1.91 bits per heavy atom. The zero-order valence-electron chi connectivity index (χ0n) is 18.2. The Morgan fingerprint density at radius 1 is 1.03 bits per heavy atom. The average Bonchev–Trinajstić information content (AvgIpc) is 3.56. The summed E-state index contributed by atoms with van der Waals surface area (Å²) < 4.78 is 4.23. The molecule has 3 aliphatic rings. The second kappa shape index (κ2) is 6.80. The van der Waals surface area contributed by atoms with E-state index in [1.165, 1.54) is 17.7 Å². The lowest BCUT2D eigenvalue weighted by Crippen LogP contribution is -2.54. The lowest BCUT2D eigenvalue weighted by atomic mass is 9.81. The Kier molecular flexibility index (Phi) is 3.85. The highest BCUT2D eigenvalue weighted by Crippen LogP contribution is 2.39. The van der Waals surface area contributed by atoms with Gasteiger partial charge in [-0.1, -0.05) is 12.1 Å². The van der Waals surface area contributed by atoms with E-state index < -0.39 is 0 Å². The largest absolute Gasteiger partial charge is 0.371 e. The maximum atomic E-state index is 9.11. The molecule has 3 aliphatic heterocycles. The van der Waals surface area contributed by atoms with Crippen LogP contribution in [0.5, 0.6) is 0 Å². The van der Waals surface area contributed by atoms with Crippen LogP contribution in [0.15, 0.2) is 61.1 Å². The third kappa shape index (κ3) is 2.84. The predicted octanol–water partition coefficient (Wildman–Crippen LogP) is 3.44. The molecule has 7 heteroatoms. The summed E-state index contributed by atoms with van der Waals surface area (Å²) >= 11 is 0. The molecule has 0 radical (unpaired) electrons. The molecule has 0 bridgehead atoms. The zero-order chi connectivity index (χ0) is 22.0. The van der Waals surface area contributed by atoms with Crippen LogP contribution in [0.3, 0.4) is 0 Å². The molecule has 4 aromatic rings. The fourth-order valence-corrected chi connectivity index (χ4v) is 5.52. The van der Waals surface area contributed by atoms with Crippen LogP contribution in [0.4, 0.5) is 5.69 Å². The van der Waals surface area contributed by atoms with Gasteiger partial charge in [0.25, 0.3) is 0 Å². The molecule has 2 aromatic heterocycles. The van der Waals surface area contributed by atoms with Gasteiger partial charge in [-0.25, -0.2) is 9.67 Å². The zero-order valence-corrected chi connectivity index (χ0v) is 18.2. The van der Waals surface area contributed by atoms with Crippen molar-refractivity contribution in [2.45, 2.75) is 13.0 Å². The van der Waals surface area contributed by atoms with Crippen LogP contribution in [0.1, 0.15) is 17.5 Å². The summed E-state index contributed by atoms with van der Waals surface area (Å²) in [5.74, 6) is 0.849. The van der Waals surface area contributed by atoms with Gasteiger partial charge in [0.2, 0.25) is 0 Å². The molecule has 7 rings (SSSR count). The number of nitrogens with zero attached hydrogens (tertiary/aromatic N) is 6. The van der Waals surface area contributed by atoms with E-state index in [4.69, 9.17) is 5.26 Å². The van der Waals surface area contributed by atoms with Crippen LogP contribution in [0.2, 0.25) is 0 Å². The maximum Gasteiger partial charge on any atom is 0.179 e. The molecule has 0 unspecified atom stereocenters. The minimum absolute atomic E-state index is 0.468. The summed E-state index contributed by atoms with van der Waals surface area (Å²) in [4.78, 5) is 7.13. The summed E-state index contributed by atoms with van der Waals surface area (Å²) in [7, 11) is 0. The highest BCUT2D eigenvalue weighted by molar-refractivity contribution is 5.72. The third-order valence-electron chi connectivity index (χ3n) is 7.46. The number of nitriles is 1. The molecular weight excluding hydrogens is 410 g/mol. The molecule has 7 nitrogen and oxygen atoms in total. The predicted molar refractivity (Wildman–Crippen MR) is 126 cm³/mol. The number of anilines is 1.